The Bertz CT molecular complexity index is 162. The molecule has 0 aliphatic carbocycles. The van der Waals surface area contributed by atoms with Crippen molar-refractivity contribution in [3.63, 3.8) is 0 Å². The van der Waals surface area contributed by atoms with Crippen LogP contribution in [0.2, 0.25) is 0 Å². The Morgan fingerprint density at radius 2 is 1.73 bits per heavy atom. The molecule has 2 nitrogen and oxygen atoms in total. The minimum Gasteiger partial charge on any atom is -0.392 e. The Morgan fingerprint density at radius 3 is 2.07 bits per heavy atom. The molecule has 0 spiro atoms. The molecule has 0 bridgehead atoms. The van der Waals surface area contributed by atoms with Gasteiger partial charge in [0, 0.05) is 12.1 Å². The fraction of sp³-hybridized carbons (Fsp3) is 1.00. The minimum atomic E-state index is -0.127. The normalized spacial score (nSPS) is 28.2. The molecule has 92 valence electrons. The standard InChI is InChI=1S/C10H21NO.C3H8/c1-8-5-6-11(7-9(8)12)10(2,3)4;1-3-2/h8-9,12H,5-7H2,1-4H3;3H2,1-2H3/t8-,9-;/m1./s1. The fourth-order valence-electron chi connectivity index (χ4n) is 1.66. The molecule has 0 aromatic carbocycles. The van der Waals surface area contributed by atoms with E-state index in [1.165, 1.54) is 6.42 Å². The molecule has 0 aromatic rings. The third kappa shape index (κ3) is 5.53. The average Bonchev–Trinajstić information content (AvgIpc) is 2.09. The van der Waals surface area contributed by atoms with Gasteiger partial charge >= 0.3 is 0 Å². The number of aliphatic hydroxyl groups excluding tert-OH is 1. The molecule has 1 aliphatic rings. The van der Waals surface area contributed by atoms with Crippen molar-refractivity contribution in [3.8, 4) is 0 Å². The number of aliphatic hydroxyl groups is 1. The van der Waals surface area contributed by atoms with Crippen LogP contribution in [-0.2, 0) is 0 Å². The van der Waals surface area contributed by atoms with Crippen LogP contribution >= 0.6 is 0 Å². The first-order valence-corrected chi connectivity index (χ1v) is 6.26. The summed E-state index contributed by atoms with van der Waals surface area (Å²) in [5.74, 6) is 0.476. The van der Waals surface area contributed by atoms with Gasteiger partial charge in [0.15, 0.2) is 0 Å². The number of β-amino-alcohol motifs (C(OH)–C–C–N with tert-alkyl or cyclic N) is 1. The Hall–Kier alpha value is -0.0800. The van der Waals surface area contributed by atoms with Gasteiger partial charge in [-0.25, -0.2) is 0 Å². The topological polar surface area (TPSA) is 23.5 Å². The second-order valence-electron chi connectivity index (χ2n) is 5.66. The summed E-state index contributed by atoms with van der Waals surface area (Å²) in [7, 11) is 0. The van der Waals surface area contributed by atoms with E-state index in [0.717, 1.165) is 19.5 Å². The average molecular weight is 215 g/mol. The van der Waals surface area contributed by atoms with Crippen molar-refractivity contribution in [2.75, 3.05) is 13.1 Å². The quantitative estimate of drug-likeness (QED) is 0.671. The molecule has 0 aromatic heterocycles. The minimum absolute atomic E-state index is 0.127. The van der Waals surface area contributed by atoms with Gasteiger partial charge in [-0.1, -0.05) is 27.2 Å². The fourth-order valence-corrected chi connectivity index (χ4v) is 1.66. The summed E-state index contributed by atoms with van der Waals surface area (Å²) in [5, 5.41) is 9.67. The Balaban J connectivity index is 0.000000583. The summed E-state index contributed by atoms with van der Waals surface area (Å²) in [4.78, 5) is 2.36. The second kappa shape index (κ2) is 6.49. The van der Waals surface area contributed by atoms with E-state index in [1.54, 1.807) is 0 Å². The van der Waals surface area contributed by atoms with E-state index in [2.05, 4.69) is 46.4 Å². The molecule has 15 heavy (non-hydrogen) atoms. The van der Waals surface area contributed by atoms with Crippen LogP contribution in [0.15, 0.2) is 0 Å². The summed E-state index contributed by atoms with van der Waals surface area (Å²) in [6.45, 7) is 15.0. The zero-order valence-electron chi connectivity index (χ0n) is 11.4. The molecule has 1 saturated heterocycles. The van der Waals surface area contributed by atoms with Crippen LogP contribution in [0, 0.1) is 5.92 Å². The SMILES string of the molecule is CCC.C[C@@H]1CCN(C(C)(C)C)C[C@H]1O. The van der Waals surface area contributed by atoms with Gasteiger partial charge in [0.1, 0.15) is 0 Å². The smallest absolute Gasteiger partial charge is 0.0693 e. The van der Waals surface area contributed by atoms with Gasteiger partial charge in [-0.15, -0.1) is 0 Å². The summed E-state index contributed by atoms with van der Waals surface area (Å²) in [5.41, 5.74) is 0.209. The van der Waals surface area contributed by atoms with Crippen molar-refractivity contribution >= 4 is 0 Å². The summed E-state index contributed by atoms with van der Waals surface area (Å²) in [6, 6.07) is 0. The van der Waals surface area contributed by atoms with Gasteiger partial charge in [-0.05, 0) is 39.7 Å². The molecular weight excluding hydrogens is 186 g/mol. The monoisotopic (exact) mass is 215 g/mol. The molecule has 2 atom stereocenters. The van der Waals surface area contributed by atoms with Crippen molar-refractivity contribution in [2.24, 2.45) is 5.92 Å². The maximum Gasteiger partial charge on any atom is 0.0693 e. The molecule has 1 fully saturated rings. The van der Waals surface area contributed by atoms with Crippen LogP contribution in [0.3, 0.4) is 0 Å². The number of piperidine rings is 1. The number of rotatable bonds is 0. The van der Waals surface area contributed by atoms with E-state index in [1.807, 2.05) is 0 Å². The van der Waals surface area contributed by atoms with E-state index in [0.29, 0.717) is 5.92 Å². The van der Waals surface area contributed by atoms with Crippen molar-refractivity contribution in [1.82, 2.24) is 4.90 Å². The van der Waals surface area contributed by atoms with Crippen LogP contribution in [0.5, 0.6) is 0 Å². The van der Waals surface area contributed by atoms with Crippen LogP contribution < -0.4 is 0 Å². The Labute approximate surface area is 95.7 Å². The van der Waals surface area contributed by atoms with Gasteiger partial charge in [0.25, 0.3) is 0 Å². The van der Waals surface area contributed by atoms with Crippen LogP contribution in [0.1, 0.15) is 54.4 Å². The van der Waals surface area contributed by atoms with E-state index in [9.17, 15) is 5.11 Å². The number of hydrogen-bond acceptors (Lipinski definition) is 2. The summed E-state index contributed by atoms with van der Waals surface area (Å²) < 4.78 is 0. The van der Waals surface area contributed by atoms with E-state index >= 15 is 0 Å². The van der Waals surface area contributed by atoms with Gasteiger partial charge in [-0.2, -0.15) is 0 Å². The molecule has 1 heterocycles. The highest BCUT2D eigenvalue weighted by atomic mass is 16.3. The van der Waals surface area contributed by atoms with Gasteiger partial charge in [0.2, 0.25) is 0 Å². The van der Waals surface area contributed by atoms with E-state index in [-0.39, 0.29) is 11.6 Å². The molecule has 2 heteroatoms. The number of hydrogen-bond donors (Lipinski definition) is 1. The summed E-state index contributed by atoms with van der Waals surface area (Å²) >= 11 is 0. The predicted octanol–water partition coefficient (Wildman–Crippen LogP) is 2.90. The largest absolute Gasteiger partial charge is 0.392 e. The Kier molecular flexibility index (Phi) is 6.46. The van der Waals surface area contributed by atoms with E-state index in [4.69, 9.17) is 0 Å². The molecule has 0 amide bonds. The summed E-state index contributed by atoms with van der Waals surface area (Å²) in [6.07, 6.45) is 2.25. The highest BCUT2D eigenvalue weighted by molar-refractivity contribution is 4.84. The lowest BCUT2D eigenvalue weighted by molar-refractivity contribution is -0.00914. The van der Waals surface area contributed by atoms with E-state index < -0.39 is 0 Å². The maximum absolute atomic E-state index is 9.67. The van der Waals surface area contributed by atoms with Crippen LogP contribution in [0.4, 0.5) is 0 Å². The number of nitrogens with zero attached hydrogens (tertiary/aromatic N) is 1. The van der Waals surface area contributed by atoms with Gasteiger partial charge in [-0.3, -0.25) is 4.90 Å². The zero-order chi connectivity index (χ0) is 12.1. The van der Waals surface area contributed by atoms with Gasteiger partial charge in [0.05, 0.1) is 6.10 Å². The molecule has 1 aliphatic heterocycles. The van der Waals surface area contributed by atoms with Crippen molar-refractivity contribution in [1.29, 1.82) is 0 Å². The molecule has 1 rings (SSSR count). The predicted molar refractivity (Wildman–Crippen MR) is 67.1 cm³/mol. The molecule has 0 saturated carbocycles. The van der Waals surface area contributed by atoms with Crippen LogP contribution in [0.25, 0.3) is 0 Å². The molecular formula is C13H29NO. The molecule has 0 radical (unpaired) electrons. The van der Waals surface area contributed by atoms with Crippen molar-refractivity contribution < 1.29 is 5.11 Å². The lowest BCUT2D eigenvalue weighted by Gasteiger charge is -2.42. The van der Waals surface area contributed by atoms with Gasteiger partial charge < -0.3 is 5.11 Å². The second-order valence-corrected chi connectivity index (χ2v) is 5.66. The molecule has 0 unspecified atom stereocenters. The first-order valence-electron chi connectivity index (χ1n) is 6.26. The lowest BCUT2D eigenvalue weighted by Crippen LogP contribution is -2.51. The Morgan fingerprint density at radius 1 is 1.27 bits per heavy atom. The van der Waals surface area contributed by atoms with Crippen molar-refractivity contribution in [2.45, 2.75) is 66.0 Å². The first-order chi connectivity index (χ1) is 6.82. The molecule has 1 N–H and O–H groups in total. The maximum atomic E-state index is 9.67. The third-order valence-electron chi connectivity index (χ3n) is 2.87. The zero-order valence-corrected chi connectivity index (χ0v) is 11.4. The third-order valence-corrected chi connectivity index (χ3v) is 2.87. The first kappa shape index (κ1) is 14.9. The highest BCUT2D eigenvalue weighted by Crippen LogP contribution is 2.23. The van der Waals surface area contributed by atoms with Crippen molar-refractivity contribution in [3.05, 3.63) is 0 Å². The lowest BCUT2D eigenvalue weighted by atomic mass is 9.92. The number of likely N-dealkylation sites (tertiary alicyclic amines) is 1. The highest BCUT2D eigenvalue weighted by Gasteiger charge is 2.30. The van der Waals surface area contributed by atoms with Crippen LogP contribution in [-0.4, -0.2) is 34.7 Å².